The fourth-order valence-corrected chi connectivity index (χ4v) is 3.29. The van der Waals surface area contributed by atoms with Gasteiger partial charge in [0.05, 0.1) is 5.69 Å². The zero-order chi connectivity index (χ0) is 18.1. The SMILES string of the molecule is CCNC(=NCCCn1nc(C)cc1C)N(C)CCC1CCOCC1. The van der Waals surface area contributed by atoms with Crippen molar-refractivity contribution in [2.24, 2.45) is 10.9 Å². The van der Waals surface area contributed by atoms with Crippen molar-refractivity contribution in [2.45, 2.75) is 53.0 Å². The molecule has 0 radical (unpaired) electrons. The number of aliphatic imine (C=N–C) groups is 1. The van der Waals surface area contributed by atoms with Gasteiger partial charge in [-0.2, -0.15) is 5.10 Å². The van der Waals surface area contributed by atoms with Crippen LogP contribution in [0.2, 0.25) is 0 Å². The molecule has 2 rings (SSSR count). The van der Waals surface area contributed by atoms with Crippen molar-refractivity contribution >= 4 is 5.96 Å². The third-order valence-electron chi connectivity index (χ3n) is 4.80. The fourth-order valence-electron chi connectivity index (χ4n) is 3.29. The molecule has 1 aromatic rings. The van der Waals surface area contributed by atoms with Gasteiger partial charge in [0.1, 0.15) is 0 Å². The van der Waals surface area contributed by atoms with Crippen LogP contribution in [0.5, 0.6) is 0 Å². The highest BCUT2D eigenvalue weighted by molar-refractivity contribution is 5.79. The van der Waals surface area contributed by atoms with E-state index in [1.165, 1.54) is 25.0 Å². The highest BCUT2D eigenvalue weighted by Crippen LogP contribution is 2.18. The van der Waals surface area contributed by atoms with Gasteiger partial charge in [0.2, 0.25) is 0 Å². The van der Waals surface area contributed by atoms with E-state index in [1.807, 2.05) is 6.92 Å². The Bertz CT molecular complexity index is 534. The van der Waals surface area contributed by atoms with Crippen LogP contribution >= 0.6 is 0 Å². The summed E-state index contributed by atoms with van der Waals surface area (Å²) in [6, 6.07) is 2.12. The Morgan fingerprint density at radius 3 is 2.80 bits per heavy atom. The Hall–Kier alpha value is -1.56. The molecule has 0 spiro atoms. The van der Waals surface area contributed by atoms with Crippen LogP contribution in [0.3, 0.4) is 0 Å². The van der Waals surface area contributed by atoms with Crippen LogP contribution in [0.4, 0.5) is 0 Å². The molecule has 0 aliphatic carbocycles. The number of aromatic nitrogens is 2. The molecule has 1 N–H and O–H groups in total. The maximum atomic E-state index is 5.45. The van der Waals surface area contributed by atoms with Crippen molar-refractivity contribution in [1.29, 1.82) is 0 Å². The molecule has 1 aliphatic rings. The minimum atomic E-state index is 0.796. The van der Waals surface area contributed by atoms with E-state index in [9.17, 15) is 0 Å². The van der Waals surface area contributed by atoms with E-state index >= 15 is 0 Å². The summed E-state index contributed by atoms with van der Waals surface area (Å²) < 4.78 is 7.52. The second-order valence-electron chi connectivity index (χ2n) is 7.01. The van der Waals surface area contributed by atoms with E-state index in [2.05, 4.69) is 47.0 Å². The molecule has 0 amide bonds. The third-order valence-corrected chi connectivity index (χ3v) is 4.80. The molecule has 6 heteroatoms. The topological polar surface area (TPSA) is 54.7 Å². The molecule has 25 heavy (non-hydrogen) atoms. The van der Waals surface area contributed by atoms with E-state index in [-0.39, 0.29) is 0 Å². The van der Waals surface area contributed by atoms with Crippen molar-refractivity contribution in [3.63, 3.8) is 0 Å². The number of hydrogen-bond acceptors (Lipinski definition) is 3. The molecule has 1 aromatic heterocycles. The van der Waals surface area contributed by atoms with Crippen LogP contribution in [-0.4, -0.2) is 60.5 Å². The maximum Gasteiger partial charge on any atom is 0.193 e. The van der Waals surface area contributed by atoms with Crippen LogP contribution in [-0.2, 0) is 11.3 Å². The van der Waals surface area contributed by atoms with Gasteiger partial charge in [-0.25, -0.2) is 0 Å². The maximum absolute atomic E-state index is 5.45. The standard InChI is InChI=1S/C19H35N5O/c1-5-20-19(23(4)12-7-18-8-13-25-14-9-18)21-10-6-11-24-17(3)15-16(2)22-24/h15,18H,5-14H2,1-4H3,(H,20,21). The third kappa shape index (κ3) is 6.69. The summed E-state index contributed by atoms with van der Waals surface area (Å²) in [6.07, 6.45) is 4.62. The molecule has 0 bridgehead atoms. The van der Waals surface area contributed by atoms with Crippen molar-refractivity contribution in [1.82, 2.24) is 20.0 Å². The lowest BCUT2D eigenvalue weighted by atomic mass is 9.96. The van der Waals surface area contributed by atoms with E-state index in [1.54, 1.807) is 0 Å². The summed E-state index contributed by atoms with van der Waals surface area (Å²) in [7, 11) is 2.14. The van der Waals surface area contributed by atoms with Gasteiger partial charge in [0, 0.05) is 52.1 Å². The van der Waals surface area contributed by atoms with Gasteiger partial charge in [0.25, 0.3) is 0 Å². The van der Waals surface area contributed by atoms with Crippen LogP contribution in [0.15, 0.2) is 11.1 Å². The number of nitrogens with one attached hydrogen (secondary N) is 1. The van der Waals surface area contributed by atoms with E-state index in [0.29, 0.717) is 0 Å². The normalized spacial score (nSPS) is 16.2. The molecule has 0 saturated carbocycles. The monoisotopic (exact) mass is 349 g/mol. The summed E-state index contributed by atoms with van der Waals surface area (Å²) in [5, 5.41) is 7.92. The summed E-state index contributed by atoms with van der Waals surface area (Å²) >= 11 is 0. The zero-order valence-electron chi connectivity index (χ0n) is 16.4. The highest BCUT2D eigenvalue weighted by atomic mass is 16.5. The number of rotatable bonds is 8. The Kier molecular flexibility index (Phi) is 8.25. The van der Waals surface area contributed by atoms with Gasteiger partial charge in [-0.1, -0.05) is 0 Å². The summed E-state index contributed by atoms with van der Waals surface area (Å²) in [5.74, 6) is 1.81. The van der Waals surface area contributed by atoms with Crippen molar-refractivity contribution in [3.05, 3.63) is 17.5 Å². The van der Waals surface area contributed by atoms with Crippen LogP contribution in [0, 0.1) is 19.8 Å². The average Bonchev–Trinajstić information content (AvgIpc) is 2.93. The minimum Gasteiger partial charge on any atom is -0.381 e. The van der Waals surface area contributed by atoms with E-state index in [0.717, 1.165) is 63.4 Å². The zero-order valence-corrected chi connectivity index (χ0v) is 16.4. The molecule has 0 unspecified atom stereocenters. The van der Waals surface area contributed by atoms with Gasteiger partial charge in [-0.05, 0) is 58.4 Å². The Balaban J connectivity index is 1.76. The van der Waals surface area contributed by atoms with Crippen molar-refractivity contribution in [2.75, 3.05) is 39.9 Å². The Morgan fingerprint density at radius 2 is 2.16 bits per heavy atom. The van der Waals surface area contributed by atoms with Crippen molar-refractivity contribution < 1.29 is 4.74 Å². The molecule has 0 aromatic carbocycles. The fraction of sp³-hybridized carbons (Fsp3) is 0.789. The summed E-state index contributed by atoms with van der Waals surface area (Å²) in [6.45, 7) is 11.8. The average molecular weight is 350 g/mol. The summed E-state index contributed by atoms with van der Waals surface area (Å²) in [4.78, 5) is 7.06. The molecule has 6 nitrogen and oxygen atoms in total. The first-order chi connectivity index (χ1) is 12.1. The molecular formula is C19H35N5O. The van der Waals surface area contributed by atoms with Gasteiger partial charge in [0.15, 0.2) is 5.96 Å². The first-order valence-corrected chi connectivity index (χ1v) is 9.68. The first kappa shape index (κ1) is 19.8. The number of guanidine groups is 1. The van der Waals surface area contributed by atoms with Crippen molar-refractivity contribution in [3.8, 4) is 0 Å². The molecule has 1 saturated heterocycles. The van der Waals surface area contributed by atoms with Gasteiger partial charge in [-0.15, -0.1) is 0 Å². The second kappa shape index (κ2) is 10.4. The van der Waals surface area contributed by atoms with Crippen LogP contribution in [0.1, 0.15) is 44.0 Å². The van der Waals surface area contributed by atoms with Crippen LogP contribution in [0.25, 0.3) is 0 Å². The highest BCUT2D eigenvalue weighted by Gasteiger charge is 2.15. The quantitative estimate of drug-likeness (QED) is 0.445. The summed E-state index contributed by atoms with van der Waals surface area (Å²) in [5.41, 5.74) is 2.31. The molecule has 1 fully saturated rings. The lowest BCUT2D eigenvalue weighted by molar-refractivity contribution is 0.0625. The van der Waals surface area contributed by atoms with E-state index < -0.39 is 0 Å². The molecule has 1 aliphatic heterocycles. The molecule has 0 atom stereocenters. The van der Waals surface area contributed by atoms with Crippen LogP contribution < -0.4 is 5.32 Å². The number of ether oxygens (including phenoxy) is 1. The molecule has 142 valence electrons. The predicted octanol–water partition coefficient (Wildman–Crippen LogP) is 2.60. The van der Waals surface area contributed by atoms with E-state index in [4.69, 9.17) is 9.73 Å². The number of hydrogen-bond donors (Lipinski definition) is 1. The molecule has 2 heterocycles. The smallest absolute Gasteiger partial charge is 0.193 e. The van der Waals surface area contributed by atoms with Gasteiger partial charge >= 0.3 is 0 Å². The number of nitrogens with zero attached hydrogens (tertiary/aromatic N) is 4. The number of aryl methyl sites for hydroxylation is 3. The largest absolute Gasteiger partial charge is 0.381 e. The second-order valence-corrected chi connectivity index (χ2v) is 7.01. The van der Waals surface area contributed by atoms with Gasteiger partial charge in [-0.3, -0.25) is 9.67 Å². The first-order valence-electron chi connectivity index (χ1n) is 9.68. The Labute approximate surface area is 152 Å². The Morgan fingerprint density at radius 1 is 1.40 bits per heavy atom. The lowest BCUT2D eigenvalue weighted by Crippen LogP contribution is -2.40. The molecular weight excluding hydrogens is 314 g/mol. The predicted molar refractivity (Wildman–Crippen MR) is 103 cm³/mol. The minimum absolute atomic E-state index is 0.796. The lowest BCUT2D eigenvalue weighted by Gasteiger charge is -2.26. The van der Waals surface area contributed by atoms with Gasteiger partial charge < -0.3 is 15.0 Å².